The number of carbonyl (C=O) groups is 1. The van der Waals surface area contributed by atoms with Gasteiger partial charge in [-0.2, -0.15) is 0 Å². The highest BCUT2D eigenvalue weighted by Gasteiger charge is 2.31. The molecule has 0 aliphatic carbocycles. The zero-order chi connectivity index (χ0) is 18.1. The predicted octanol–water partition coefficient (Wildman–Crippen LogP) is 3.99. The van der Waals surface area contributed by atoms with Gasteiger partial charge in [-0.1, -0.05) is 6.92 Å². The lowest BCUT2D eigenvalue weighted by Crippen LogP contribution is -2.26. The molecule has 1 atom stereocenters. The van der Waals surface area contributed by atoms with Crippen LogP contribution in [0.25, 0.3) is 0 Å². The van der Waals surface area contributed by atoms with E-state index in [1.807, 2.05) is 11.5 Å². The normalized spacial score (nSPS) is 16.1. The second kappa shape index (κ2) is 7.37. The average molecular weight is 430 g/mol. The molecule has 0 unspecified atom stereocenters. The molecule has 8 heteroatoms. The zero-order valence-electron chi connectivity index (χ0n) is 13.7. The van der Waals surface area contributed by atoms with Crippen molar-refractivity contribution in [1.29, 1.82) is 0 Å². The molecule has 4 nitrogen and oxygen atoms in total. The van der Waals surface area contributed by atoms with Crippen LogP contribution >= 0.6 is 28.1 Å². The van der Waals surface area contributed by atoms with Crippen LogP contribution in [-0.4, -0.2) is 22.0 Å². The third kappa shape index (κ3) is 3.55. The molecule has 0 bridgehead atoms. The Morgan fingerprint density at radius 3 is 2.96 bits per heavy atom. The van der Waals surface area contributed by atoms with Gasteiger partial charge in [-0.3, -0.25) is 4.79 Å². The maximum Gasteiger partial charge on any atom is 0.226 e. The largest absolute Gasteiger partial charge is 0.356 e. The van der Waals surface area contributed by atoms with Crippen molar-refractivity contribution in [3.05, 3.63) is 50.0 Å². The van der Waals surface area contributed by atoms with Gasteiger partial charge in [-0.25, -0.2) is 8.78 Å². The lowest BCUT2D eigenvalue weighted by atomic mass is 9.95. The number of nitrogens with zero attached hydrogens (tertiary/aromatic N) is 1. The maximum atomic E-state index is 14.4. The van der Waals surface area contributed by atoms with Gasteiger partial charge in [0.25, 0.3) is 0 Å². The number of H-pyrrole nitrogens is 1. The van der Waals surface area contributed by atoms with Crippen LogP contribution in [-0.2, 0) is 24.2 Å². The molecule has 0 spiro atoms. The van der Waals surface area contributed by atoms with E-state index >= 15 is 0 Å². The fourth-order valence-electron chi connectivity index (χ4n) is 3.24. The fraction of sp³-hybridized carbons (Fsp3) is 0.412. The maximum absolute atomic E-state index is 14.4. The van der Waals surface area contributed by atoms with Crippen LogP contribution in [0.2, 0.25) is 0 Å². The number of hydrogen-bond donors (Lipinski definition) is 2. The number of imidazole rings is 1. The van der Waals surface area contributed by atoms with Crippen molar-refractivity contribution in [3.8, 4) is 0 Å². The molecule has 1 aromatic carbocycles. The molecule has 2 N–H and O–H groups in total. The summed E-state index contributed by atoms with van der Waals surface area (Å²) in [7, 11) is 0. The molecule has 2 aromatic rings. The van der Waals surface area contributed by atoms with E-state index in [1.165, 1.54) is 12.1 Å². The van der Waals surface area contributed by atoms with Gasteiger partial charge in [-0.05, 0) is 53.1 Å². The summed E-state index contributed by atoms with van der Waals surface area (Å²) in [5.74, 6) is -1.58. The number of fused-ring (bicyclic) bond motifs is 1. The lowest BCUT2D eigenvalue weighted by Gasteiger charge is -2.13. The first kappa shape index (κ1) is 18.3. The van der Waals surface area contributed by atoms with Crippen molar-refractivity contribution < 1.29 is 13.6 Å². The highest BCUT2D eigenvalue weighted by Crippen LogP contribution is 2.36. The van der Waals surface area contributed by atoms with Gasteiger partial charge < -0.3 is 14.9 Å². The summed E-state index contributed by atoms with van der Waals surface area (Å²) in [5, 5.41) is 2.82. The third-order valence-electron chi connectivity index (χ3n) is 4.42. The molecule has 0 saturated carbocycles. The lowest BCUT2D eigenvalue weighted by molar-refractivity contribution is -0.120. The average Bonchev–Trinajstić information content (AvgIpc) is 3.11. The monoisotopic (exact) mass is 429 g/mol. The van der Waals surface area contributed by atoms with E-state index in [4.69, 9.17) is 12.2 Å². The van der Waals surface area contributed by atoms with Gasteiger partial charge in [0, 0.05) is 36.0 Å². The molecule has 134 valence electrons. The summed E-state index contributed by atoms with van der Waals surface area (Å²) < 4.78 is 31.1. The van der Waals surface area contributed by atoms with E-state index in [2.05, 4.69) is 26.2 Å². The molecule has 2 heterocycles. The Bertz CT molecular complexity index is 878. The Balaban J connectivity index is 1.87. The van der Waals surface area contributed by atoms with Gasteiger partial charge >= 0.3 is 0 Å². The molecule has 1 aromatic heterocycles. The highest BCUT2D eigenvalue weighted by molar-refractivity contribution is 9.10. The van der Waals surface area contributed by atoms with Crippen molar-refractivity contribution in [2.45, 2.75) is 38.6 Å². The van der Waals surface area contributed by atoms with Crippen LogP contribution < -0.4 is 5.32 Å². The minimum atomic E-state index is -0.576. The van der Waals surface area contributed by atoms with E-state index in [1.54, 1.807) is 0 Å². The van der Waals surface area contributed by atoms with Crippen LogP contribution in [0.4, 0.5) is 8.78 Å². The molecule has 3 rings (SSSR count). The molecular formula is C17H18BrF2N3OS. The van der Waals surface area contributed by atoms with Crippen molar-refractivity contribution in [3.63, 3.8) is 0 Å². The molecule has 0 saturated heterocycles. The smallest absolute Gasteiger partial charge is 0.226 e. The number of benzene rings is 1. The number of amides is 1. The predicted molar refractivity (Wildman–Crippen MR) is 97.1 cm³/mol. The Morgan fingerprint density at radius 1 is 1.48 bits per heavy atom. The summed E-state index contributed by atoms with van der Waals surface area (Å²) in [5.41, 5.74) is 1.63. The second-order valence-electron chi connectivity index (χ2n) is 6.15. The van der Waals surface area contributed by atoms with Crippen LogP contribution in [0.1, 0.15) is 36.2 Å². The standard InChI is InChI=1S/C17H18BrF2N3OS/c1-2-5-21-14(24)7-12-13-6-9(8-23(13)17(25)22-12)15-11(19)4-3-10(18)16(15)20/h3-4,9H,2,5-8H2,1H3,(H,21,24)(H,22,25)/t9-/m1/s1. The van der Waals surface area contributed by atoms with Gasteiger partial charge in [0.1, 0.15) is 11.6 Å². The number of aromatic amines is 1. The van der Waals surface area contributed by atoms with E-state index in [0.29, 0.717) is 24.3 Å². The fourth-order valence-corrected chi connectivity index (χ4v) is 3.90. The number of rotatable bonds is 5. The first-order chi connectivity index (χ1) is 11.9. The molecule has 0 radical (unpaired) electrons. The molecule has 1 amide bonds. The molecule has 0 fully saturated rings. The van der Waals surface area contributed by atoms with Crippen molar-refractivity contribution in [2.24, 2.45) is 0 Å². The van der Waals surface area contributed by atoms with Gasteiger partial charge in [0.2, 0.25) is 5.91 Å². The molecule has 1 aliphatic rings. The zero-order valence-corrected chi connectivity index (χ0v) is 16.1. The second-order valence-corrected chi connectivity index (χ2v) is 7.39. The van der Waals surface area contributed by atoms with E-state index in [9.17, 15) is 13.6 Å². The number of carbonyl (C=O) groups excluding carboxylic acids is 1. The quantitative estimate of drug-likeness (QED) is 0.557. The van der Waals surface area contributed by atoms with Gasteiger partial charge in [0.15, 0.2) is 4.77 Å². The number of aromatic nitrogens is 2. The van der Waals surface area contributed by atoms with Crippen molar-refractivity contribution >= 4 is 34.1 Å². The van der Waals surface area contributed by atoms with Crippen LogP contribution in [0, 0.1) is 16.4 Å². The molecule has 25 heavy (non-hydrogen) atoms. The SMILES string of the molecule is CCCNC(=O)Cc1[nH]c(=S)n2c1C[C@@H](c1c(F)ccc(Br)c1F)C2. The highest BCUT2D eigenvalue weighted by atomic mass is 79.9. The first-order valence-corrected chi connectivity index (χ1v) is 9.33. The van der Waals surface area contributed by atoms with Crippen LogP contribution in [0.5, 0.6) is 0 Å². The Morgan fingerprint density at radius 2 is 2.24 bits per heavy atom. The first-order valence-electron chi connectivity index (χ1n) is 8.13. The summed E-state index contributed by atoms with van der Waals surface area (Å²) in [6.45, 7) is 2.99. The number of nitrogens with one attached hydrogen (secondary N) is 2. The van der Waals surface area contributed by atoms with Crippen LogP contribution in [0.15, 0.2) is 16.6 Å². The minimum absolute atomic E-state index is 0.0638. The topological polar surface area (TPSA) is 49.8 Å². The van der Waals surface area contributed by atoms with E-state index in [-0.39, 0.29) is 28.3 Å². The molecule has 1 aliphatic heterocycles. The number of hydrogen-bond acceptors (Lipinski definition) is 2. The van der Waals surface area contributed by atoms with Crippen molar-refractivity contribution in [2.75, 3.05) is 6.54 Å². The Kier molecular flexibility index (Phi) is 5.38. The minimum Gasteiger partial charge on any atom is -0.356 e. The summed E-state index contributed by atoms with van der Waals surface area (Å²) in [4.78, 5) is 15.0. The van der Waals surface area contributed by atoms with Gasteiger partial charge in [0.05, 0.1) is 10.9 Å². The Hall–Kier alpha value is -1.54. The summed E-state index contributed by atoms with van der Waals surface area (Å²) in [6, 6.07) is 2.62. The van der Waals surface area contributed by atoms with E-state index < -0.39 is 11.6 Å². The third-order valence-corrected chi connectivity index (χ3v) is 5.35. The summed E-state index contributed by atoms with van der Waals surface area (Å²) >= 11 is 8.42. The van der Waals surface area contributed by atoms with Crippen LogP contribution in [0.3, 0.4) is 0 Å². The van der Waals surface area contributed by atoms with E-state index in [0.717, 1.165) is 17.8 Å². The van der Waals surface area contributed by atoms with Gasteiger partial charge in [-0.15, -0.1) is 0 Å². The summed E-state index contributed by atoms with van der Waals surface area (Å²) in [6.07, 6.45) is 1.48. The van der Waals surface area contributed by atoms with Crippen molar-refractivity contribution in [1.82, 2.24) is 14.9 Å². The Labute approximate surface area is 157 Å². The number of halogens is 3. The molecular weight excluding hydrogens is 412 g/mol.